The maximum absolute atomic E-state index is 12.4. The minimum absolute atomic E-state index is 0.194. The van der Waals surface area contributed by atoms with Gasteiger partial charge in [0.25, 0.3) is 0 Å². The second kappa shape index (κ2) is 4.45. The monoisotopic (exact) mass is 255 g/mol. The maximum Gasteiger partial charge on any atom is 0.416 e. The zero-order valence-electron chi connectivity index (χ0n) is 9.62. The van der Waals surface area contributed by atoms with E-state index in [1.807, 2.05) is 0 Å². The van der Waals surface area contributed by atoms with Crippen LogP contribution >= 0.6 is 0 Å². The molecule has 1 aromatic carbocycles. The van der Waals surface area contributed by atoms with E-state index < -0.39 is 11.7 Å². The molecule has 6 heteroatoms. The lowest BCUT2D eigenvalue weighted by Crippen LogP contribution is -2.04. The number of nitrogens with one attached hydrogen (secondary N) is 1. The van der Waals surface area contributed by atoms with Gasteiger partial charge in [-0.25, -0.2) is 0 Å². The van der Waals surface area contributed by atoms with E-state index in [4.69, 9.17) is 5.73 Å². The number of alkyl halides is 3. The van der Waals surface area contributed by atoms with E-state index in [1.165, 1.54) is 12.1 Å². The molecule has 0 aliphatic carbocycles. The van der Waals surface area contributed by atoms with E-state index in [0.717, 1.165) is 17.8 Å². The van der Waals surface area contributed by atoms with Crippen LogP contribution in [0.25, 0.3) is 11.3 Å². The predicted octanol–water partition coefficient (Wildman–Crippen LogP) is 3.12. The van der Waals surface area contributed by atoms with Gasteiger partial charge in [-0.15, -0.1) is 0 Å². The van der Waals surface area contributed by atoms with Gasteiger partial charge in [0.05, 0.1) is 17.0 Å². The van der Waals surface area contributed by atoms with Crippen LogP contribution in [-0.2, 0) is 6.18 Å². The molecule has 0 spiro atoms. The second-order valence-corrected chi connectivity index (χ2v) is 4.07. The van der Waals surface area contributed by atoms with Crippen LogP contribution in [0.4, 0.5) is 13.2 Å². The minimum atomic E-state index is -4.32. The van der Waals surface area contributed by atoms with Crippen molar-refractivity contribution in [2.45, 2.75) is 19.1 Å². The van der Waals surface area contributed by atoms with Gasteiger partial charge in [0.1, 0.15) is 0 Å². The smallest absolute Gasteiger partial charge is 0.323 e. The summed E-state index contributed by atoms with van der Waals surface area (Å²) >= 11 is 0. The van der Waals surface area contributed by atoms with E-state index in [-0.39, 0.29) is 6.04 Å². The van der Waals surface area contributed by atoms with Crippen molar-refractivity contribution in [2.24, 2.45) is 5.73 Å². The molecule has 0 radical (unpaired) electrons. The molecule has 0 aliphatic heterocycles. The molecule has 0 amide bonds. The van der Waals surface area contributed by atoms with Crippen LogP contribution in [0.2, 0.25) is 0 Å². The molecule has 1 heterocycles. The summed E-state index contributed by atoms with van der Waals surface area (Å²) in [6, 6.07) is 6.40. The first-order valence-electron chi connectivity index (χ1n) is 5.36. The summed E-state index contributed by atoms with van der Waals surface area (Å²) in [5, 5.41) is 6.76. The lowest BCUT2D eigenvalue weighted by atomic mass is 10.1. The fourth-order valence-corrected chi connectivity index (χ4v) is 1.55. The summed E-state index contributed by atoms with van der Waals surface area (Å²) in [6.07, 6.45) is -4.32. The van der Waals surface area contributed by atoms with Gasteiger partial charge in [0, 0.05) is 11.6 Å². The van der Waals surface area contributed by atoms with Crippen molar-refractivity contribution < 1.29 is 13.2 Å². The number of aromatic amines is 1. The summed E-state index contributed by atoms with van der Waals surface area (Å²) in [6.45, 7) is 1.80. The molecule has 3 N–H and O–H groups in total. The van der Waals surface area contributed by atoms with Crippen molar-refractivity contribution >= 4 is 0 Å². The van der Waals surface area contributed by atoms with Gasteiger partial charge in [-0.2, -0.15) is 18.3 Å². The fourth-order valence-electron chi connectivity index (χ4n) is 1.55. The Hall–Kier alpha value is -1.82. The molecule has 0 aliphatic rings. The van der Waals surface area contributed by atoms with Crippen molar-refractivity contribution in [3.63, 3.8) is 0 Å². The third-order valence-electron chi connectivity index (χ3n) is 2.60. The largest absolute Gasteiger partial charge is 0.416 e. The highest BCUT2D eigenvalue weighted by atomic mass is 19.4. The number of nitrogens with two attached hydrogens (primary N) is 1. The lowest BCUT2D eigenvalue weighted by Gasteiger charge is -2.06. The summed E-state index contributed by atoms with van der Waals surface area (Å²) in [5.41, 5.74) is 6.93. The Labute approximate surface area is 102 Å². The van der Waals surface area contributed by atoms with Gasteiger partial charge >= 0.3 is 6.18 Å². The highest BCUT2D eigenvalue weighted by Crippen LogP contribution is 2.30. The molecule has 1 aromatic heterocycles. The van der Waals surface area contributed by atoms with Crippen LogP contribution in [0.15, 0.2) is 30.3 Å². The average molecular weight is 255 g/mol. The van der Waals surface area contributed by atoms with Gasteiger partial charge in [-0.3, -0.25) is 5.10 Å². The summed E-state index contributed by atoms with van der Waals surface area (Å²) in [7, 11) is 0. The van der Waals surface area contributed by atoms with Crippen LogP contribution < -0.4 is 5.73 Å². The van der Waals surface area contributed by atoms with Crippen LogP contribution in [-0.4, -0.2) is 10.2 Å². The van der Waals surface area contributed by atoms with Gasteiger partial charge in [-0.05, 0) is 25.1 Å². The van der Waals surface area contributed by atoms with Gasteiger partial charge in [0.2, 0.25) is 0 Å². The predicted molar refractivity (Wildman–Crippen MR) is 61.6 cm³/mol. The molecule has 2 aromatic rings. The Morgan fingerprint density at radius 3 is 2.28 bits per heavy atom. The third-order valence-corrected chi connectivity index (χ3v) is 2.60. The van der Waals surface area contributed by atoms with E-state index in [1.54, 1.807) is 13.0 Å². The number of aromatic nitrogens is 2. The molecule has 96 valence electrons. The summed E-state index contributed by atoms with van der Waals surface area (Å²) in [4.78, 5) is 0. The van der Waals surface area contributed by atoms with Crippen LogP contribution in [0, 0.1) is 0 Å². The van der Waals surface area contributed by atoms with E-state index in [2.05, 4.69) is 10.2 Å². The van der Waals surface area contributed by atoms with Crippen molar-refractivity contribution in [1.82, 2.24) is 10.2 Å². The Balaban J connectivity index is 2.29. The fraction of sp³-hybridized carbons (Fsp3) is 0.250. The zero-order chi connectivity index (χ0) is 13.3. The quantitative estimate of drug-likeness (QED) is 0.866. The number of hydrogen-bond acceptors (Lipinski definition) is 2. The first-order valence-corrected chi connectivity index (χ1v) is 5.36. The number of halogens is 3. The second-order valence-electron chi connectivity index (χ2n) is 4.07. The Morgan fingerprint density at radius 1 is 1.22 bits per heavy atom. The van der Waals surface area contributed by atoms with Crippen molar-refractivity contribution in [3.05, 3.63) is 41.6 Å². The molecular weight excluding hydrogens is 243 g/mol. The van der Waals surface area contributed by atoms with Crippen molar-refractivity contribution in [2.75, 3.05) is 0 Å². The molecule has 2 rings (SSSR count). The molecule has 3 nitrogen and oxygen atoms in total. The molecule has 0 saturated carbocycles. The molecule has 1 atom stereocenters. The van der Waals surface area contributed by atoms with E-state index in [9.17, 15) is 13.2 Å². The number of benzene rings is 1. The summed E-state index contributed by atoms with van der Waals surface area (Å²) < 4.78 is 37.2. The summed E-state index contributed by atoms with van der Waals surface area (Å²) in [5.74, 6) is 0. The first kappa shape index (κ1) is 12.6. The van der Waals surface area contributed by atoms with Gasteiger partial charge in [-0.1, -0.05) is 12.1 Å². The number of rotatable bonds is 2. The Bertz CT molecular complexity index is 526. The average Bonchev–Trinajstić information content (AvgIpc) is 2.77. The standard InChI is InChI=1S/C12H12F3N3/c1-7(16)10-6-11(18-17-10)8-2-4-9(5-3-8)12(13,14)15/h2-7H,16H2,1H3,(H,17,18). The normalized spacial score (nSPS) is 13.6. The topological polar surface area (TPSA) is 54.7 Å². The van der Waals surface area contributed by atoms with E-state index in [0.29, 0.717) is 11.3 Å². The molecule has 0 saturated heterocycles. The molecule has 0 fully saturated rings. The highest BCUT2D eigenvalue weighted by molar-refractivity contribution is 5.59. The van der Waals surface area contributed by atoms with Gasteiger partial charge in [0.15, 0.2) is 0 Å². The van der Waals surface area contributed by atoms with E-state index >= 15 is 0 Å². The molecule has 18 heavy (non-hydrogen) atoms. The Morgan fingerprint density at radius 2 is 1.83 bits per heavy atom. The highest BCUT2D eigenvalue weighted by Gasteiger charge is 2.30. The number of hydrogen-bond donors (Lipinski definition) is 2. The lowest BCUT2D eigenvalue weighted by molar-refractivity contribution is -0.137. The zero-order valence-corrected chi connectivity index (χ0v) is 9.62. The molecular formula is C12H12F3N3. The first-order chi connectivity index (χ1) is 8.38. The van der Waals surface area contributed by atoms with Crippen LogP contribution in [0.1, 0.15) is 24.2 Å². The number of H-pyrrole nitrogens is 1. The SMILES string of the molecule is CC(N)c1cc(-c2ccc(C(F)(F)F)cc2)n[nH]1. The minimum Gasteiger partial charge on any atom is -0.323 e. The number of nitrogens with zero attached hydrogens (tertiary/aromatic N) is 1. The van der Waals surface area contributed by atoms with Crippen molar-refractivity contribution in [3.8, 4) is 11.3 Å². The third kappa shape index (κ3) is 2.53. The molecule has 0 bridgehead atoms. The van der Waals surface area contributed by atoms with Gasteiger partial charge < -0.3 is 5.73 Å². The van der Waals surface area contributed by atoms with Crippen LogP contribution in [0.5, 0.6) is 0 Å². The van der Waals surface area contributed by atoms with Crippen LogP contribution in [0.3, 0.4) is 0 Å². The molecule has 1 unspecified atom stereocenters. The Kier molecular flexibility index (Phi) is 3.13. The van der Waals surface area contributed by atoms with Crippen molar-refractivity contribution in [1.29, 1.82) is 0 Å². The maximum atomic E-state index is 12.4.